The van der Waals surface area contributed by atoms with Crippen molar-refractivity contribution >= 4 is 21.6 Å². The Bertz CT molecular complexity index is 484. The second-order valence-electron chi connectivity index (χ2n) is 2.46. The molecule has 0 aliphatic rings. The summed E-state index contributed by atoms with van der Waals surface area (Å²) in [4.78, 5) is 4.11. The first-order valence-electron chi connectivity index (χ1n) is 3.68. The summed E-state index contributed by atoms with van der Waals surface area (Å²) in [5.41, 5.74) is 0.849. The quantitative estimate of drug-likeness (QED) is 0.692. The van der Waals surface area contributed by atoms with Crippen LogP contribution in [0.1, 0.15) is 5.01 Å². The minimum atomic E-state index is 0.489. The number of aromatic nitrogens is 1. The summed E-state index contributed by atoms with van der Waals surface area (Å²) >= 11 is 1.37. The van der Waals surface area contributed by atoms with E-state index in [1.807, 2.05) is 24.3 Å². The third-order valence-electron chi connectivity index (χ3n) is 1.69. The van der Waals surface area contributed by atoms with Gasteiger partial charge in [-0.3, -0.25) is 0 Å². The van der Waals surface area contributed by atoms with Gasteiger partial charge >= 0.3 is 0 Å². The van der Waals surface area contributed by atoms with E-state index in [2.05, 4.69) is 4.98 Å². The Balaban J connectivity index is 2.65. The number of benzene rings is 1. The molecule has 0 N–H and O–H groups in total. The molecule has 0 aliphatic heterocycles. The van der Waals surface area contributed by atoms with Crippen molar-refractivity contribution in [2.45, 2.75) is 0 Å². The van der Waals surface area contributed by atoms with E-state index < -0.39 is 0 Å². The van der Waals surface area contributed by atoms with Gasteiger partial charge in [0.15, 0.2) is 5.01 Å². The molecule has 0 saturated heterocycles. The van der Waals surface area contributed by atoms with Crippen LogP contribution in [-0.2, 0) is 0 Å². The van der Waals surface area contributed by atoms with E-state index in [1.54, 1.807) is 7.11 Å². The zero-order chi connectivity index (χ0) is 9.26. The van der Waals surface area contributed by atoms with E-state index in [4.69, 9.17) is 10.00 Å². The summed E-state index contributed by atoms with van der Waals surface area (Å²) in [5, 5.41) is 9.12. The lowest BCUT2D eigenvalue weighted by Crippen LogP contribution is -1.80. The van der Waals surface area contributed by atoms with Gasteiger partial charge in [0.1, 0.15) is 11.8 Å². The molecule has 0 aliphatic carbocycles. The van der Waals surface area contributed by atoms with E-state index >= 15 is 0 Å². The molecule has 1 heterocycles. The average molecular weight is 190 g/mol. The van der Waals surface area contributed by atoms with Gasteiger partial charge in [-0.15, -0.1) is 11.3 Å². The predicted molar refractivity (Wildman–Crippen MR) is 50.9 cm³/mol. The van der Waals surface area contributed by atoms with Gasteiger partial charge in [-0.1, -0.05) is 0 Å². The molecule has 0 radical (unpaired) electrons. The molecule has 0 unspecified atom stereocenters. The second-order valence-corrected chi connectivity index (χ2v) is 3.50. The second kappa shape index (κ2) is 3.04. The van der Waals surface area contributed by atoms with Crippen molar-refractivity contribution in [3.8, 4) is 11.8 Å². The van der Waals surface area contributed by atoms with Crippen molar-refractivity contribution in [2.24, 2.45) is 0 Å². The topological polar surface area (TPSA) is 45.9 Å². The number of fused-ring (bicyclic) bond motifs is 1. The lowest BCUT2D eigenvalue weighted by molar-refractivity contribution is 0.415. The summed E-state index contributed by atoms with van der Waals surface area (Å²) in [6.45, 7) is 0. The first kappa shape index (κ1) is 8.02. The highest BCUT2D eigenvalue weighted by molar-refractivity contribution is 7.19. The third kappa shape index (κ3) is 1.34. The van der Waals surface area contributed by atoms with Crippen LogP contribution in [0.15, 0.2) is 18.2 Å². The molecule has 0 spiro atoms. The molecule has 1 aromatic carbocycles. The Morgan fingerprint density at radius 2 is 2.38 bits per heavy atom. The molecular formula is C9H6N2OS. The molecule has 0 fully saturated rings. The Kier molecular flexibility index (Phi) is 1.87. The molecule has 2 aromatic rings. The van der Waals surface area contributed by atoms with Crippen molar-refractivity contribution in [3.05, 3.63) is 23.2 Å². The predicted octanol–water partition coefficient (Wildman–Crippen LogP) is 2.18. The SMILES string of the molecule is COc1ccc2nc(C#N)sc2c1. The zero-order valence-electron chi connectivity index (χ0n) is 6.94. The van der Waals surface area contributed by atoms with Gasteiger partial charge in [-0.25, -0.2) is 4.98 Å². The number of ether oxygens (including phenoxy) is 1. The van der Waals surface area contributed by atoms with E-state index in [9.17, 15) is 0 Å². The molecule has 2 rings (SSSR count). The van der Waals surface area contributed by atoms with E-state index in [1.165, 1.54) is 11.3 Å². The van der Waals surface area contributed by atoms with Gasteiger partial charge in [-0.2, -0.15) is 5.26 Å². The molecular weight excluding hydrogens is 184 g/mol. The highest BCUT2D eigenvalue weighted by Gasteiger charge is 2.03. The number of hydrogen-bond donors (Lipinski definition) is 0. The zero-order valence-corrected chi connectivity index (χ0v) is 7.76. The number of methoxy groups -OCH3 is 1. The van der Waals surface area contributed by atoms with Gasteiger partial charge in [0.2, 0.25) is 0 Å². The number of thiazole rings is 1. The maximum atomic E-state index is 8.63. The van der Waals surface area contributed by atoms with Crippen LogP contribution >= 0.6 is 11.3 Å². The number of rotatable bonds is 1. The smallest absolute Gasteiger partial charge is 0.195 e. The summed E-state index contributed by atoms with van der Waals surface area (Å²) in [6, 6.07) is 7.59. The normalized spacial score (nSPS) is 9.85. The van der Waals surface area contributed by atoms with Crippen LogP contribution in [0.2, 0.25) is 0 Å². The van der Waals surface area contributed by atoms with E-state index in [0.29, 0.717) is 5.01 Å². The first-order chi connectivity index (χ1) is 6.33. The summed E-state index contributed by atoms with van der Waals surface area (Å²) in [7, 11) is 1.62. The molecule has 4 heteroatoms. The average Bonchev–Trinajstić information content (AvgIpc) is 2.58. The largest absolute Gasteiger partial charge is 0.497 e. The van der Waals surface area contributed by atoms with Gasteiger partial charge in [0, 0.05) is 0 Å². The fraction of sp³-hybridized carbons (Fsp3) is 0.111. The molecule has 64 valence electrons. The van der Waals surface area contributed by atoms with Crippen molar-refractivity contribution in [1.82, 2.24) is 4.98 Å². The molecule has 0 bridgehead atoms. The first-order valence-corrected chi connectivity index (χ1v) is 4.50. The minimum absolute atomic E-state index is 0.489. The molecule has 0 amide bonds. The monoisotopic (exact) mass is 190 g/mol. The fourth-order valence-electron chi connectivity index (χ4n) is 1.08. The van der Waals surface area contributed by atoms with Crippen molar-refractivity contribution in [2.75, 3.05) is 7.11 Å². The number of hydrogen-bond acceptors (Lipinski definition) is 4. The molecule has 3 nitrogen and oxygen atoms in total. The van der Waals surface area contributed by atoms with Gasteiger partial charge in [0.05, 0.1) is 17.3 Å². The number of nitrogens with zero attached hydrogens (tertiary/aromatic N) is 2. The summed E-state index contributed by atoms with van der Waals surface area (Å²) < 4.78 is 6.04. The maximum Gasteiger partial charge on any atom is 0.195 e. The van der Waals surface area contributed by atoms with Crippen LogP contribution in [0.25, 0.3) is 10.2 Å². The Hall–Kier alpha value is -1.60. The van der Waals surface area contributed by atoms with Gasteiger partial charge in [-0.05, 0) is 18.2 Å². The summed E-state index contributed by atoms with van der Waals surface area (Å²) in [5.74, 6) is 0.792. The highest BCUT2D eigenvalue weighted by Crippen LogP contribution is 2.25. The summed E-state index contributed by atoms with van der Waals surface area (Å²) in [6.07, 6.45) is 0. The van der Waals surface area contributed by atoms with Gasteiger partial charge < -0.3 is 4.74 Å². The Morgan fingerprint density at radius 1 is 1.54 bits per heavy atom. The lowest BCUT2D eigenvalue weighted by atomic mass is 10.3. The van der Waals surface area contributed by atoms with Crippen LogP contribution in [-0.4, -0.2) is 12.1 Å². The van der Waals surface area contributed by atoms with E-state index in [-0.39, 0.29) is 0 Å². The van der Waals surface area contributed by atoms with Crippen LogP contribution < -0.4 is 4.74 Å². The van der Waals surface area contributed by atoms with Crippen molar-refractivity contribution in [1.29, 1.82) is 5.26 Å². The Labute approximate surface area is 79.2 Å². The maximum absolute atomic E-state index is 8.63. The van der Waals surface area contributed by atoms with Crippen LogP contribution in [0, 0.1) is 11.3 Å². The minimum Gasteiger partial charge on any atom is -0.497 e. The third-order valence-corrected chi connectivity index (χ3v) is 2.61. The van der Waals surface area contributed by atoms with Gasteiger partial charge in [0.25, 0.3) is 0 Å². The highest BCUT2D eigenvalue weighted by atomic mass is 32.1. The van der Waals surface area contributed by atoms with Crippen molar-refractivity contribution < 1.29 is 4.74 Å². The molecule has 0 atom stereocenters. The molecule has 0 saturated carbocycles. The Morgan fingerprint density at radius 3 is 3.08 bits per heavy atom. The fourth-order valence-corrected chi connectivity index (χ4v) is 1.87. The standard InChI is InChI=1S/C9H6N2OS/c1-12-6-2-3-7-8(4-6)13-9(5-10)11-7/h2-4H,1H3. The number of nitriles is 1. The van der Waals surface area contributed by atoms with Crippen LogP contribution in [0.5, 0.6) is 5.75 Å². The molecule has 13 heavy (non-hydrogen) atoms. The lowest BCUT2D eigenvalue weighted by Gasteiger charge is -1.96. The van der Waals surface area contributed by atoms with Crippen molar-refractivity contribution in [3.63, 3.8) is 0 Å². The van der Waals surface area contributed by atoms with E-state index in [0.717, 1.165) is 16.0 Å². The van der Waals surface area contributed by atoms with Crippen LogP contribution in [0.4, 0.5) is 0 Å². The van der Waals surface area contributed by atoms with Crippen LogP contribution in [0.3, 0.4) is 0 Å². The molecule has 1 aromatic heterocycles.